The molecule has 0 aliphatic carbocycles. The molecule has 0 radical (unpaired) electrons. The molecule has 62 valence electrons. The lowest BCUT2D eigenvalue weighted by molar-refractivity contribution is 1.05. The second-order valence-electron chi connectivity index (χ2n) is 2.44. The van der Waals surface area contributed by atoms with Gasteiger partial charge in [0.2, 0.25) is 0 Å². The summed E-state index contributed by atoms with van der Waals surface area (Å²) < 4.78 is 0. The normalized spacial score (nSPS) is 9.08. The summed E-state index contributed by atoms with van der Waals surface area (Å²) in [7, 11) is 3.60. The van der Waals surface area contributed by atoms with Crippen LogP contribution < -0.4 is 10.6 Å². The number of rotatable bonds is 1. The van der Waals surface area contributed by atoms with E-state index in [2.05, 4.69) is 14.8 Å². The third-order valence-corrected chi connectivity index (χ3v) is 1.37. The maximum absolute atomic E-state index is 6.86. The van der Waals surface area contributed by atoms with E-state index < -0.39 is 0 Å². The molecule has 12 heavy (non-hydrogen) atoms. The van der Waals surface area contributed by atoms with Crippen molar-refractivity contribution in [2.75, 3.05) is 24.7 Å². The summed E-state index contributed by atoms with van der Waals surface area (Å²) in [6.07, 6.45) is 1.35. The maximum atomic E-state index is 6.86. The Morgan fingerprint density at radius 1 is 1.50 bits per heavy atom. The summed E-state index contributed by atoms with van der Waals surface area (Å²) in [5.41, 5.74) is 5.79. The molecule has 5 heteroatoms. The number of hydrogen-bond donors (Lipinski definition) is 1. The van der Waals surface area contributed by atoms with Gasteiger partial charge in [-0.15, -0.1) is 0 Å². The second kappa shape index (κ2) is 3.05. The van der Waals surface area contributed by atoms with E-state index in [1.807, 2.05) is 0 Å². The Morgan fingerprint density at radius 2 is 2.17 bits per heavy atom. The molecule has 0 aliphatic rings. The van der Waals surface area contributed by atoms with E-state index in [0.717, 1.165) is 0 Å². The van der Waals surface area contributed by atoms with Crippen LogP contribution in [-0.2, 0) is 0 Å². The highest BCUT2D eigenvalue weighted by Gasteiger charge is 2.09. The molecule has 2 N–H and O–H groups in total. The van der Waals surface area contributed by atoms with Gasteiger partial charge in [0, 0.05) is 14.1 Å². The zero-order valence-electron chi connectivity index (χ0n) is 6.94. The molecule has 0 aliphatic heterocycles. The Morgan fingerprint density at radius 3 is 2.58 bits per heavy atom. The highest BCUT2D eigenvalue weighted by molar-refractivity contribution is 5.76. The van der Waals surface area contributed by atoms with Gasteiger partial charge in [0.1, 0.15) is 18.0 Å². The van der Waals surface area contributed by atoms with Gasteiger partial charge in [0.05, 0.1) is 6.57 Å². The maximum Gasteiger partial charge on any atom is 0.268 e. The van der Waals surface area contributed by atoms with Crippen molar-refractivity contribution in [3.8, 4) is 0 Å². The average molecular weight is 163 g/mol. The Labute approximate surface area is 70.7 Å². The molecular weight excluding hydrogens is 154 g/mol. The molecule has 1 aromatic heterocycles. The molecule has 1 aromatic rings. The number of aromatic nitrogens is 2. The number of nitrogens with zero attached hydrogens (tertiary/aromatic N) is 4. The highest BCUT2D eigenvalue weighted by Crippen LogP contribution is 2.28. The molecule has 0 saturated heterocycles. The van der Waals surface area contributed by atoms with Gasteiger partial charge in [-0.3, -0.25) is 0 Å². The predicted octanol–water partition coefficient (Wildman–Crippen LogP) is 0.676. The fourth-order valence-corrected chi connectivity index (χ4v) is 0.817. The smallest absolute Gasteiger partial charge is 0.268 e. The summed E-state index contributed by atoms with van der Waals surface area (Å²) >= 11 is 0. The Kier molecular flexibility index (Phi) is 2.10. The van der Waals surface area contributed by atoms with Gasteiger partial charge < -0.3 is 10.6 Å². The van der Waals surface area contributed by atoms with E-state index in [1.54, 1.807) is 19.0 Å². The molecule has 0 unspecified atom stereocenters. The monoisotopic (exact) mass is 163 g/mol. The quantitative estimate of drug-likeness (QED) is 0.618. The first kappa shape index (κ1) is 8.27. The zero-order valence-corrected chi connectivity index (χ0v) is 6.94. The fourth-order valence-electron chi connectivity index (χ4n) is 0.817. The van der Waals surface area contributed by atoms with E-state index in [1.165, 1.54) is 6.33 Å². The molecule has 5 nitrogen and oxygen atoms in total. The zero-order chi connectivity index (χ0) is 9.14. The topological polar surface area (TPSA) is 59.4 Å². The van der Waals surface area contributed by atoms with Crippen molar-refractivity contribution in [2.45, 2.75) is 0 Å². The van der Waals surface area contributed by atoms with E-state index in [9.17, 15) is 0 Å². The van der Waals surface area contributed by atoms with Crippen LogP contribution in [0.4, 0.5) is 17.3 Å². The summed E-state index contributed by atoms with van der Waals surface area (Å²) in [6.45, 7) is 6.86. The van der Waals surface area contributed by atoms with Gasteiger partial charge in [-0.1, -0.05) is 0 Å². The molecule has 0 bridgehead atoms. The van der Waals surface area contributed by atoms with Crippen LogP contribution >= 0.6 is 0 Å². The van der Waals surface area contributed by atoms with Crippen molar-refractivity contribution in [1.82, 2.24) is 9.97 Å². The van der Waals surface area contributed by atoms with Crippen molar-refractivity contribution in [3.05, 3.63) is 17.7 Å². The van der Waals surface area contributed by atoms with Crippen LogP contribution in [0.3, 0.4) is 0 Å². The first-order chi connectivity index (χ1) is 5.66. The Hall–Kier alpha value is -1.83. The van der Waals surface area contributed by atoms with Crippen molar-refractivity contribution in [2.24, 2.45) is 0 Å². The molecule has 1 rings (SSSR count). The van der Waals surface area contributed by atoms with E-state index in [-0.39, 0.29) is 5.82 Å². The molecule has 0 fully saturated rings. The Bertz CT molecular complexity index is 325. The van der Waals surface area contributed by atoms with Crippen LogP contribution in [0.1, 0.15) is 0 Å². The summed E-state index contributed by atoms with van der Waals surface area (Å²) in [4.78, 5) is 12.6. The minimum Gasteiger partial charge on any atom is -0.392 e. The Balaban J connectivity index is 3.30. The lowest BCUT2D eigenvalue weighted by Gasteiger charge is -2.12. The van der Waals surface area contributed by atoms with Gasteiger partial charge >= 0.3 is 0 Å². The average Bonchev–Trinajstić information content (AvgIpc) is 2.03. The van der Waals surface area contributed by atoms with Crippen molar-refractivity contribution in [3.63, 3.8) is 0 Å². The van der Waals surface area contributed by atoms with Crippen LogP contribution in [0, 0.1) is 6.57 Å². The van der Waals surface area contributed by atoms with Crippen molar-refractivity contribution in [1.29, 1.82) is 0 Å². The minimum atomic E-state index is 0.226. The van der Waals surface area contributed by atoms with Gasteiger partial charge in [-0.25, -0.2) is 14.8 Å². The van der Waals surface area contributed by atoms with E-state index in [4.69, 9.17) is 12.3 Å². The van der Waals surface area contributed by atoms with Crippen LogP contribution in [0.15, 0.2) is 6.33 Å². The third kappa shape index (κ3) is 1.27. The van der Waals surface area contributed by atoms with Crippen LogP contribution in [0.5, 0.6) is 0 Å². The minimum absolute atomic E-state index is 0.226. The number of anilines is 2. The van der Waals surface area contributed by atoms with Crippen LogP contribution in [0.2, 0.25) is 0 Å². The first-order valence-corrected chi connectivity index (χ1v) is 3.32. The molecule has 1 heterocycles. The molecule has 0 atom stereocenters. The molecule has 0 amide bonds. The molecule has 0 aromatic carbocycles. The van der Waals surface area contributed by atoms with Gasteiger partial charge in [-0.2, -0.15) is 0 Å². The van der Waals surface area contributed by atoms with Gasteiger partial charge in [0.25, 0.3) is 5.69 Å². The third-order valence-electron chi connectivity index (χ3n) is 1.37. The fraction of sp³-hybridized carbons (Fsp3) is 0.286. The second-order valence-corrected chi connectivity index (χ2v) is 2.44. The molecule has 0 spiro atoms. The SMILES string of the molecule is [C-]#[N+]c1c(N)ncnc1N(C)C. The number of nitrogen functional groups attached to an aromatic ring is 1. The summed E-state index contributed by atoms with van der Waals surface area (Å²) in [5, 5.41) is 0. The lowest BCUT2D eigenvalue weighted by Crippen LogP contribution is -2.11. The van der Waals surface area contributed by atoms with E-state index >= 15 is 0 Å². The van der Waals surface area contributed by atoms with Crippen LogP contribution in [-0.4, -0.2) is 24.1 Å². The summed E-state index contributed by atoms with van der Waals surface area (Å²) in [6, 6.07) is 0. The largest absolute Gasteiger partial charge is 0.392 e. The lowest BCUT2D eigenvalue weighted by atomic mass is 10.4. The number of hydrogen-bond acceptors (Lipinski definition) is 4. The highest BCUT2D eigenvalue weighted by atomic mass is 15.2. The van der Waals surface area contributed by atoms with Crippen molar-refractivity contribution >= 4 is 17.3 Å². The molecule has 0 saturated carbocycles. The first-order valence-electron chi connectivity index (χ1n) is 3.32. The van der Waals surface area contributed by atoms with Gasteiger partial charge in [0.15, 0.2) is 0 Å². The van der Waals surface area contributed by atoms with Crippen molar-refractivity contribution < 1.29 is 0 Å². The summed E-state index contributed by atoms with van der Waals surface area (Å²) in [5.74, 6) is 0.779. The molecular formula is C7H9N5. The van der Waals surface area contributed by atoms with Crippen LogP contribution in [0.25, 0.3) is 4.85 Å². The standard InChI is InChI=1S/C7H9N5/c1-9-5-6(8)10-4-11-7(5)12(2)3/h4H,2-3H3,(H2,8,10,11). The predicted molar refractivity (Wildman–Crippen MR) is 47.0 cm³/mol. The van der Waals surface area contributed by atoms with E-state index in [0.29, 0.717) is 11.5 Å². The number of nitrogens with two attached hydrogens (primary N) is 1. The van der Waals surface area contributed by atoms with Gasteiger partial charge in [-0.05, 0) is 0 Å².